The number of ether oxygens (including phenoxy) is 1. The molecule has 24 heavy (non-hydrogen) atoms. The normalized spacial score (nSPS) is 24.7. The highest BCUT2D eigenvalue weighted by molar-refractivity contribution is 6.19. The van der Waals surface area contributed by atoms with E-state index in [9.17, 15) is 9.59 Å². The molecule has 0 unspecified atom stereocenters. The number of hydrogen-bond acceptors (Lipinski definition) is 3. The lowest BCUT2D eigenvalue weighted by molar-refractivity contribution is -0.151. The highest BCUT2D eigenvalue weighted by Crippen LogP contribution is 2.35. The van der Waals surface area contributed by atoms with Crippen molar-refractivity contribution in [1.29, 1.82) is 0 Å². The lowest BCUT2D eigenvalue weighted by atomic mass is 9.75. The summed E-state index contributed by atoms with van der Waals surface area (Å²) in [6.45, 7) is 7.96. The van der Waals surface area contributed by atoms with Crippen LogP contribution in [0.5, 0.6) is 0 Å². The molecular weight excluding hydrogens is 300 g/mol. The van der Waals surface area contributed by atoms with E-state index in [0.29, 0.717) is 17.8 Å². The molecule has 1 aliphatic rings. The van der Waals surface area contributed by atoms with Crippen LogP contribution in [0.15, 0.2) is 35.9 Å². The van der Waals surface area contributed by atoms with E-state index in [1.54, 1.807) is 6.08 Å². The van der Waals surface area contributed by atoms with E-state index < -0.39 is 5.97 Å². The Labute approximate surface area is 145 Å². The summed E-state index contributed by atoms with van der Waals surface area (Å²) in [5, 5.41) is 0. The second kappa shape index (κ2) is 8.27. The van der Waals surface area contributed by atoms with Gasteiger partial charge in [-0.25, -0.2) is 4.79 Å². The molecule has 0 aliphatic heterocycles. The van der Waals surface area contributed by atoms with Crippen molar-refractivity contribution >= 4 is 17.8 Å². The molecule has 1 saturated carbocycles. The maximum atomic E-state index is 12.6. The van der Waals surface area contributed by atoms with Gasteiger partial charge in [-0.15, -0.1) is 0 Å². The molecule has 0 bridgehead atoms. The largest absolute Gasteiger partial charge is 0.458 e. The van der Waals surface area contributed by atoms with Crippen molar-refractivity contribution in [2.45, 2.75) is 53.1 Å². The van der Waals surface area contributed by atoms with Gasteiger partial charge in [0.15, 0.2) is 5.78 Å². The topological polar surface area (TPSA) is 43.4 Å². The minimum Gasteiger partial charge on any atom is -0.458 e. The van der Waals surface area contributed by atoms with E-state index in [1.807, 2.05) is 30.3 Å². The fraction of sp³-hybridized carbons (Fsp3) is 0.524. The number of rotatable bonds is 5. The van der Waals surface area contributed by atoms with Crippen molar-refractivity contribution in [3.63, 3.8) is 0 Å². The van der Waals surface area contributed by atoms with Crippen molar-refractivity contribution in [3.8, 4) is 0 Å². The smallest absolute Gasteiger partial charge is 0.342 e. The van der Waals surface area contributed by atoms with E-state index in [1.165, 1.54) is 13.3 Å². The number of ketones is 1. The van der Waals surface area contributed by atoms with Crippen LogP contribution in [0, 0.1) is 17.8 Å². The average molecular weight is 328 g/mol. The zero-order chi connectivity index (χ0) is 17.7. The molecular formula is C21H28O3. The Kier molecular flexibility index (Phi) is 6.36. The first-order valence-corrected chi connectivity index (χ1v) is 8.87. The molecule has 3 heteroatoms. The fourth-order valence-corrected chi connectivity index (χ4v) is 3.47. The summed E-state index contributed by atoms with van der Waals surface area (Å²) >= 11 is 0. The quantitative estimate of drug-likeness (QED) is 0.342. The number of carbonyl (C=O) groups excluding carboxylic acids is 2. The number of carbonyl (C=O) groups is 2. The lowest BCUT2D eigenvalue weighted by Gasteiger charge is -2.36. The van der Waals surface area contributed by atoms with Gasteiger partial charge in [-0.1, -0.05) is 57.5 Å². The predicted octanol–water partition coefficient (Wildman–Crippen LogP) is 4.66. The summed E-state index contributed by atoms with van der Waals surface area (Å²) in [5.41, 5.74) is 0.957. The molecule has 0 N–H and O–H groups in total. The zero-order valence-electron chi connectivity index (χ0n) is 15.1. The summed E-state index contributed by atoms with van der Waals surface area (Å²) in [4.78, 5) is 24.6. The molecule has 0 saturated heterocycles. The van der Waals surface area contributed by atoms with Gasteiger partial charge >= 0.3 is 5.97 Å². The summed E-state index contributed by atoms with van der Waals surface area (Å²) in [6, 6.07) is 9.41. The molecule has 2 rings (SSSR count). The highest BCUT2D eigenvalue weighted by Gasteiger charge is 2.34. The Morgan fingerprint density at radius 2 is 1.83 bits per heavy atom. The summed E-state index contributed by atoms with van der Waals surface area (Å²) < 4.78 is 5.80. The van der Waals surface area contributed by atoms with Crippen LogP contribution in [0.1, 0.15) is 52.5 Å². The van der Waals surface area contributed by atoms with E-state index >= 15 is 0 Å². The Hall–Kier alpha value is -1.90. The summed E-state index contributed by atoms with van der Waals surface area (Å²) in [6.07, 6.45) is 4.66. The Morgan fingerprint density at radius 3 is 2.42 bits per heavy atom. The molecule has 1 aromatic carbocycles. The van der Waals surface area contributed by atoms with E-state index in [4.69, 9.17) is 4.74 Å². The maximum Gasteiger partial charge on any atom is 0.342 e. The van der Waals surface area contributed by atoms with Gasteiger partial charge in [0.2, 0.25) is 0 Å². The number of Topliss-reactive ketones (excluding diaryl/α,β-unsaturated/α-hetero) is 1. The first kappa shape index (κ1) is 18.4. The average Bonchev–Trinajstić information content (AvgIpc) is 2.53. The molecule has 0 spiro atoms. The summed E-state index contributed by atoms with van der Waals surface area (Å²) in [5.74, 6) is 0.644. The lowest BCUT2D eigenvalue weighted by Crippen LogP contribution is -2.36. The third-order valence-electron chi connectivity index (χ3n) is 4.93. The fourth-order valence-electron chi connectivity index (χ4n) is 3.47. The van der Waals surface area contributed by atoms with Crippen LogP contribution in [0.25, 0.3) is 6.08 Å². The molecule has 0 aromatic heterocycles. The molecule has 1 aromatic rings. The Bertz CT molecular complexity index is 601. The molecule has 3 atom stereocenters. The van der Waals surface area contributed by atoms with E-state index in [0.717, 1.165) is 18.4 Å². The van der Waals surface area contributed by atoms with Crippen molar-refractivity contribution in [2.75, 3.05) is 0 Å². The van der Waals surface area contributed by atoms with Gasteiger partial charge in [0.05, 0.1) is 0 Å². The van der Waals surface area contributed by atoms with Crippen molar-refractivity contribution < 1.29 is 14.3 Å². The minimum absolute atomic E-state index is 0.0974. The van der Waals surface area contributed by atoms with Crippen LogP contribution in [0.4, 0.5) is 0 Å². The van der Waals surface area contributed by atoms with Crippen LogP contribution in [0.2, 0.25) is 0 Å². The minimum atomic E-state index is -0.490. The zero-order valence-corrected chi connectivity index (χ0v) is 15.1. The Morgan fingerprint density at radius 1 is 1.17 bits per heavy atom. The van der Waals surface area contributed by atoms with Crippen molar-refractivity contribution in [2.24, 2.45) is 17.8 Å². The standard InChI is InChI=1S/C21H28O3/c1-14(2)18-11-10-15(3)12-20(18)24-21(23)19(16(4)22)13-17-8-6-5-7-9-17/h5-9,13-15,18,20H,10-12H2,1-4H3/t15-,18+,20+/m0/s1. The van der Waals surface area contributed by atoms with Gasteiger partial charge < -0.3 is 4.74 Å². The SMILES string of the molecule is CC(=O)C(=Cc1ccccc1)C(=O)O[C@@H]1C[C@@H](C)CC[C@@H]1C(C)C. The first-order valence-electron chi connectivity index (χ1n) is 8.87. The van der Waals surface area contributed by atoms with E-state index in [2.05, 4.69) is 20.8 Å². The molecule has 0 heterocycles. The number of benzene rings is 1. The van der Waals surface area contributed by atoms with Gasteiger partial charge in [0.25, 0.3) is 0 Å². The highest BCUT2D eigenvalue weighted by atomic mass is 16.5. The monoisotopic (exact) mass is 328 g/mol. The van der Waals surface area contributed by atoms with Crippen LogP contribution in [-0.4, -0.2) is 17.9 Å². The number of hydrogen-bond donors (Lipinski definition) is 0. The van der Waals surface area contributed by atoms with E-state index in [-0.39, 0.29) is 17.5 Å². The van der Waals surface area contributed by atoms with Crippen LogP contribution in [-0.2, 0) is 14.3 Å². The first-order chi connectivity index (χ1) is 11.4. The van der Waals surface area contributed by atoms with Gasteiger partial charge in [0.1, 0.15) is 11.7 Å². The maximum absolute atomic E-state index is 12.6. The second-order valence-electron chi connectivity index (χ2n) is 7.29. The van der Waals surface area contributed by atoms with Crippen LogP contribution in [0.3, 0.4) is 0 Å². The second-order valence-corrected chi connectivity index (χ2v) is 7.29. The molecule has 1 fully saturated rings. The molecule has 130 valence electrons. The van der Waals surface area contributed by atoms with Crippen molar-refractivity contribution in [1.82, 2.24) is 0 Å². The molecule has 3 nitrogen and oxygen atoms in total. The van der Waals surface area contributed by atoms with Crippen LogP contribution >= 0.6 is 0 Å². The van der Waals surface area contributed by atoms with Gasteiger partial charge in [-0.3, -0.25) is 4.79 Å². The van der Waals surface area contributed by atoms with Crippen molar-refractivity contribution in [3.05, 3.63) is 41.5 Å². The Balaban J connectivity index is 2.18. The molecule has 1 aliphatic carbocycles. The third-order valence-corrected chi connectivity index (χ3v) is 4.93. The summed E-state index contributed by atoms with van der Waals surface area (Å²) in [7, 11) is 0. The molecule has 0 amide bonds. The predicted molar refractivity (Wildman–Crippen MR) is 96.3 cm³/mol. The van der Waals surface area contributed by atoms with Gasteiger partial charge in [0, 0.05) is 0 Å². The number of esters is 1. The van der Waals surface area contributed by atoms with Gasteiger partial charge in [-0.05, 0) is 49.2 Å². The van der Waals surface area contributed by atoms with Crippen LogP contribution < -0.4 is 0 Å². The van der Waals surface area contributed by atoms with Gasteiger partial charge in [-0.2, -0.15) is 0 Å². The third kappa shape index (κ3) is 4.80. The molecule has 0 radical (unpaired) electrons.